The molecule has 1 aromatic rings. The van der Waals surface area contributed by atoms with Gasteiger partial charge in [-0.25, -0.2) is 0 Å². The summed E-state index contributed by atoms with van der Waals surface area (Å²) in [7, 11) is 0. The van der Waals surface area contributed by atoms with Gasteiger partial charge in [0.25, 0.3) is 0 Å². The molecule has 0 bridgehead atoms. The molecule has 1 aromatic heterocycles. The van der Waals surface area contributed by atoms with Crippen molar-refractivity contribution < 1.29 is 9.59 Å². The van der Waals surface area contributed by atoms with E-state index in [0.717, 1.165) is 17.7 Å². The van der Waals surface area contributed by atoms with Crippen LogP contribution in [0.25, 0.3) is 0 Å². The number of carbonyl (C=O) groups is 2. The average Bonchev–Trinajstić information content (AvgIpc) is 2.79. The molecule has 0 saturated heterocycles. The normalized spacial score (nSPS) is 13.9. The Balaban J connectivity index is 2.01. The maximum Gasteiger partial charge on any atom is 0.243 e. The van der Waals surface area contributed by atoms with Gasteiger partial charge in [0, 0.05) is 4.88 Å². The minimum Gasteiger partial charge on any atom is -0.345 e. The summed E-state index contributed by atoms with van der Waals surface area (Å²) in [5.41, 5.74) is 1.32. The van der Waals surface area contributed by atoms with E-state index in [1.54, 1.807) is 11.3 Å². The van der Waals surface area contributed by atoms with E-state index in [4.69, 9.17) is 0 Å². The van der Waals surface area contributed by atoms with E-state index in [0.29, 0.717) is 0 Å². The molecule has 0 atom stereocenters. The van der Waals surface area contributed by atoms with Gasteiger partial charge in [-0.05, 0) is 43.4 Å². The summed E-state index contributed by atoms with van der Waals surface area (Å²) in [6.07, 6.45) is 5.77. The van der Waals surface area contributed by atoms with Crippen LogP contribution in [0.4, 0.5) is 0 Å². The second kappa shape index (κ2) is 5.27. The lowest BCUT2D eigenvalue weighted by atomic mass is 9.99. The summed E-state index contributed by atoms with van der Waals surface area (Å²) < 4.78 is 0. The summed E-state index contributed by atoms with van der Waals surface area (Å²) >= 11 is 1.58. The van der Waals surface area contributed by atoms with Crippen molar-refractivity contribution in [1.29, 1.82) is 0 Å². The highest BCUT2D eigenvalue weighted by molar-refractivity contribution is 7.14. The number of thiophene rings is 1. The number of rotatable bonds is 4. The van der Waals surface area contributed by atoms with Crippen LogP contribution in [-0.2, 0) is 17.6 Å². The first-order valence-corrected chi connectivity index (χ1v) is 6.57. The van der Waals surface area contributed by atoms with Gasteiger partial charge in [0.15, 0.2) is 5.78 Å². The van der Waals surface area contributed by atoms with Crippen LogP contribution >= 0.6 is 11.3 Å². The van der Waals surface area contributed by atoms with E-state index in [2.05, 4.69) is 11.9 Å². The molecule has 0 radical (unpaired) electrons. The number of aryl methyl sites for hydroxylation is 2. The quantitative estimate of drug-likeness (QED) is 0.656. The fourth-order valence-electron chi connectivity index (χ4n) is 1.95. The largest absolute Gasteiger partial charge is 0.345 e. The van der Waals surface area contributed by atoms with Crippen molar-refractivity contribution in [2.75, 3.05) is 6.54 Å². The molecule has 0 aliphatic heterocycles. The number of Topliss-reactive ketones (excluding diaryl/α,β-unsaturated/α-hetero) is 1. The van der Waals surface area contributed by atoms with Crippen LogP contribution in [0, 0.1) is 0 Å². The number of fused-ring (bicyclic) bond motifs is 1. The highest BCUT2D eigenvalue weighted by Crippen LogP contribution is 2.29. The molecule has 0 spiro atoms. The fraction of sp³-hybridized carbons (Fsp3) is 0.385. The summed E-state index contributed by atoms with van der Waals surface area (Å²) in [4.78, 5) is 24.9. The highest BCUT2D eigenvalue weighted by atomic mass is 32.1. The monoisotopic (exact) mass is 249 g/mol. The van der Waals surface area contributed by atoms with Crippen molar-refractivity contribution in [3.8, 4) is 0 Å². The Morgan fingerprint density at radius 1 is 1.41 bits per heavy atom. The average molecular weight is 249 g/mol. The van der Waals surface area contributed by atoms with Crippen LogP contribution in [-0.4, -0.2) is 18.2 Å². The van der Waals surface area contributed by atoms with Crippen molar-refractivity contribution in [2.24, 2.45) is 0 Å². The maximum atomic E-state index is 11.8. The third-order valence-electron chi connectivity index (χ3n) is 2.88. The number of amides is 1. The minimum absolute atomic E-state index is 0.0143. The smallest absolute Gasteiger partial charge is 0.243 e. The van der Waals surface area contributed by atoms with Gasteiger partial charge in [-0.3, -0.25) is 9.59 Å². The molecule has 1 heterocycles. The van der Waals surface area contributed by atoms with E-state index in [1.807, 2.05) is 6.07 Å². The molecule has 3 nitrogen and oxygen atoms in total. The third-order valence-corrected chi connectivity index (χ3v) is 4.16. The predicted molar refractivity (Wildman–Crippen MR) is 68.5 cm³/mol. The Labute approximate surface area is 105 Å². The van der Waals surface area contributed by atoms with Gasteiger partial charge in [-0.2, -0.15) is 0 Å². The van der Waals surface area contributed by atoms with E-state index in [1.165, 1.54) is 29.4 Å². The van der Waals surface area contributed by atoms with Crippen molar-refractivity contribution >= 4 is 23.0 Å². The Morgan fingerprint density at radius 2 is 2.18 bits per heavy atom. The van der Waals surface area contributed by atoms with Gasteiger partial charge >= 0.3 is 0 Å². The minimum atomic E-state index is -0.306. The molecule has 1 aliphatic rings. The van der Waals surface area contributed by atoms with Gasteiger partial charge in [0.1, 0.15) is 0 Å². The molecule has 0 fully saturated rings. The Hall–Kier alpha value is -1.42. The molecule has 1 aliphatic carbocycles. The number of hydrogen-bond acceptors (Lipinski definition) is 3. The summed E-state index contributed by atoms with van der Waals surface area (Å²) in [6.45, 7) is 3.40. The van der Waals surface area contributed by atoms with Gasteiger partial charge in [-0.1, -0.05) is 6.58 Å². The molecule has 0 unspecified atom stereocenters. The number of carbonyl (C=O) groups excluding carboxylic acids is 2. The van der Waals surface area contributed by atoms with Gasteiger partial charge < -0.3 is 5.32 Å². The lowest BCUT2D eigenvalue weighted by Crippen LogP contribution is -2.27. The van der Waals surface area contributed by atoms with Crippen LogP contribution in [0.5, 0.6) is 0 Å². The first kappa shape index (κ1) is 12.0. The third kappa shape index (κ3) is 2.82. The second-order valence-corrected chi connectivity index (χ2v) is 5.25. The number of ketones is 1. The number of nitrogens with one attached hydrogen (secondary N) is 1. The molecule has 0 aromatic carbocycles. The highest BCUT2D eigenvalue weighted by Gasteiger charge is 2.17. The van der Waals surface area contributed by atoms with E-state index in [9.17, 15) is 9.59 Å². The zero-order valence-corrected chi connectivity index (χ0v) is 10.4. The van der Waals surface area contributed by atoms with Crippen LogP contribution in [0.1, 0.15) is 33.0 Å². The van der Waals surface area contributed by atoms with Crippen molar-refractivity contribution in [2.45, 2.75) is 25.7 Å². The van der Waals surface area contributed by atoms with E-state index in [-0.39, 0.29) is 18.2 Å². The predicted octanol–water partition coefficient (Wildman–Crippen LogP) is 2.11. The van der Waals surface area contributed by atoms with Crippen LogP contribution in [0.15, 0.2) is 18.7 Å². The lowest BCUT2D eigenvalue weighted by molar-refractivity contribution is -0.116. The maximum absolute atomic E-state index is 11.8. The van der Waals surface area contributed by atoms with E-state index < -0.39 is 0 Å². The molecular formula is C13H15NO2S. The molecule has 2 rings (SSSR count). The van der Waals surface area contributed by atoms with Crippen molar-refractivity contribution in [3.63, 3.8) is 0 Å². The summed E-state index contributed by atoms with van der Waals surface area (Å²) in [5, 5.41) is 2.51. The molecule has 1 amide bonds. The van der Waals surface area contributed by atoms with Crippen LogP contribution in [0.2, 0.25) is 0 Å². The summed E-state index contributed by atoms with van der Waals surface area (Å²) in [5.74, 6) is -0.320. The Morgan fingerprint density at radius 3 is 2.88 bits per heavy atom. The second-order valence-electron chi connectivity index (χ2n) is 4.11. The zero-order chi connectivity index (χ0) is 12.3. The lowest BCUT2D eigenvalue weighted by Gasteiger charge is -2.08. The molecule has 0 saturated carbocycles. The molecule has 4 heteroatoms. The Bertz CT molecular complexity index is 438. The van der Waals surface area contributed by atoms with Gasteiger partial charge in [0.05, 0.1) is 11.4 Å². The van der Waals surface area contributed by atoms with E-state index >= 15 is 0 Å². The zero-order valence-electron chi connectivity index (χ0n) is 9.62. The standard InChI is InChI=1S/C13H15NO2S/c1-2-13(16)14-8-10(15)12-7-9-5-3-4-6-11(9)17-12/h2,7H,1,3-6,8H2,(H,14,16). The van der Waals surface area contributed by atoms with Crippen molar-refractivity contribution in [3.05, 3.63) is 34.0 Å². The molecule has 17 heavy (non-hydrogen) atoms. The van der Waals surface area contributed by atoms with Crippen molar-refractivity contribution in [1.82, 2.24) is 5.32 Å². The van der Waals surface area contributed by atoms with Crippen LogP contribution < -0.4 is 5.32 Å². The first-order valence-electron chi connectivity index (χ1n) is 5.75. The molecule has 1 N–H and O–H groups in total. The summed E-state index contributed by atoms with van der Waals surface area (Å²) in [6, 6.07) is 1.99. The Kier molecular flexibility index (Phi) is 3.74. The van der Waals surface area contributed by atoms with Crippen LogP contribution in [0.3, 0.4) is 0 Å². The first-order chi connectivity index (χ1) is 8.20. The topological polar surface area (TPSA) is 46.2 Å². The van der Waals surface area contributed by atoms with Gasteiger partial charge in [-0.15, -0.1) is 11.3 Å². The molecular weight excluding hydrogens is 234 g/mol. The molecule has 90 valence electrons. The number of hydrogen-bond donors (Lipinski definition) is 1. The SMILES string of the molecule is C=CC(=O)NCC(=O)c1cc2c(s1)CCCC2. The fourth-order valence-corrected chi connectivity index (χ4v) is 3.15. The van der Waals surface area contributed by atoms with Gasteiger partial charge in [0.2, 0.25) is 5.91 Å².